The highest BCUT2D eigenvalue weighted by atomic mass is 19.4. The smallest absolute Gasteiger partial charge is 0.338 e. The molecule has 0 spiro atoms. The fourth-order valence-electron chi connectivity index (χ4n) is 3.11. The first-order valence-electron chi connectivity index (χ1n) is 8.22. The van der Waals surface area contributed by atoms with Crippen LogP contribution in [0.5, 0.6) is 0 Å². The fourth-order valence-corrected chi connectivity index (χ4v) is 3.11. The monoisotopic (exact) mass is 354 g/mol. The highest BCUT2D eigenvalue weighted by molar-refractivity contribution is 5.54. The van der Waals surface area contributed by atoms with Crippen molar-refractivity contribution in [3.8, 4) is 11.4 Å². The fraction of sp³-hybridized carbons (Fsp3) is 0.529. The van der Waals surface area contributed by atoms with Crippen LogP contribution in [0.3, 0.4) is 0 Å². The Balaban J connectivity index is 1.62. The van der Waals surface area contributed by atoms with Crippen LogP contribution in [-0.4, -0.2) is 53.2 Å². The van der Waals surface area contributed by atoms with Crippen LogP contribution in [0.15, 0.2) is 28.8 Å². The SMILES string of the molecule is CN(Cc1nc(-c2ccc(C(F)(F)F)cc2)no1)C[C@@H]1CCCN1C. The highest BCUT2D eigenvalue weighted by Crippen LogP contribution is 2.30. The van der Waals surface area contributed by atoms with E-state index in [2.05, 4.69) is 27.0 Å². The molecule has 0 unspecified atom stereocenters. The van der Waals surface area contributed by atoms with E-state index < -0.39 is 11.7 Å². The molecule has 1 aromatic carbocycles. The standard InChI is InChI=1S/C17H21F3N4O/c1-23(10-14-4-3-9-24(14)2)11-15-21-16(22-25-15)12-5-7-13(8-6-12)17(18,19)20/h5-8,14H,3-4,9-11H2,1-2H3/t14-/m0/s1. The molecule has 136 valence electrons. The third-order valence-corrected chi connectivity index (χ3v) is 4.54. The Bertz CT molecular complexity index is 699. The Morgan fingerprint density at radius 3 is 2.60 bits per heavy atom. The van der Waals surface area contributed by atoms with Crippen LogP contribution in [-0.2, 0) is 12.7 Å². The molecule has 1 aromatic heterocycles. The summed E-state index contributed by atoms with van der Waals surface area (Å²) in [6.45, 7) is 2.55. The molecule has 3 rings (SSSR count). The van der Waals surface area contributed by atoms with Gasteiger partial charge in [0.2, 0.25) is 11.7 Å². The molecule has 0 radical (unpaired) electrons. The van der Waals surface area contributed by atoms with Crippen LogP contribution in [0.1, 0.15) is 24.3 Å². The van der Waals surface area contributed by atoms with E-state index in [0.29, 0.717) is 29.9 Å². The number of hydrogen-bond acceptors (Lipinski definition) is 5. The summed E-state index contributed by atoms with van der Waals surface area (Å²) in [5, 5.41) is 3.87. The minimum atomic E-state index is -4.35. The van der Waals surface area contributed by atoms with Crippen LogP contribution < -0.4 is 0 Å². The van der Waals surface area contributed by atoms with Crippen LogP contribution in [0.4, 0.5) is 13.2 Å². The molecule has 0 aliphatic carbocycles. The Hall–Kier alpha value is -1.93. The molecule has 25 heavy (non-hydrogen) atoms. The third-order valence-electron chi connectivity index (χ3n) is 4.54. The van der Waals surface area contributed by atoms with Gasteiger partial charge in [0.25, 0.3) is 0 Å². The summed E-state index contributed by atoms with van der Waals surface area (Å²) in [6.07, 6.45) is -1.95. The first-order valence-corrected chi connectivity index (χ1v) is 8.22. The van der Waals surface area contributed by atoms with Crippen molar-refractivity contribution in [1.29, 1.82) is 0 Å². The zero-order valence-electron chi connectivity index (χ0n) is 14.3. The van der Waals surface area contributed by atoms with Gasteiger partial charge in [-0.05, 0) is 45.6 Å². The second kappa shape index (κ2) is 7.13. The number of aromatic nitrogens is 2. The van der Waals surface area contributed by atoms with Gasteiger partial charge < -0.3 is 9.42 Å². The van der Waals surface area contributed by atoms with Crippen molar-refractivity contribution in [1.82, 2.24) is 19.9 Å². The molecule has 1 atom stereocenters. The minimum absolute atomic E-state index is 0.301. The van der Waals surface area contributed by atoms with Gasteiger partial charge in [-0.25, -0.2) is 0 Å². The van der Waals surface area contributed by atoms with Gasteiger partial charge in [0, 0.05) is 18.2 Å². The summed E-state index contributed by atoms with van der Waals surface area (Å²) in [7, 11) is 4.12. The van der Waals surface area contributed by atoms with Crippen molar-refractivity contribution in [3.63, 3.8) is 0 Å². The molecular weight excluding hydrogens is 333 g/mol. The molecule has 2 heterocycles. The second-order valence-electron chi connectivity index (χ2n) is 6.56. The van der Waals surface area contributed by atoms with Gasteiger partial charge in [-0.1, -0.05) is 17.3 Å². The number of likely N-dealkylation sites (tertiary alicyclic amines) is 1. The van der Waals surface area contributed by atoms with Gasteiger partial charge >= 0.3 is 6.18 Å². The Morgan fingerprint density at radius 1 is 1.28 bits per heavy atom. The molecule has 1 aliphatic rings. The molecule has 1 aliphatic heterocycles. The minimum Gasteiger partial charge on any atom is -0.338 e. The Labute approximate surface area is 144 Å². The van der Waals surface area contributed by atoms with E-state index in [1.165, 1.54) is 25.0 Å². The van der Waals surface area contributed by atoms with E-state index in [4.69, 9.17) is 4.52 Å². The summed E-state index contributed by atoms with van der Waals surface area (Å²) in [6, 6.07) is 5.28. The molecule has 0 N–H and O–H groups in total. The molecule has 1 fully saturated rings. The maximum atomic E-state index is 12.6. The quantitative estimate of drug-likeness (QED) is 0.825. The number of benzene rings is 1. The number of alkyl halides is 3. The van der Waals surface area contributed by atoms with E-state index in [-0.39, 0.29) is 0 Å². The summed E-state index contributed by atoms with van der Waals surface area (Å²) < 4.78 is 43.1. The third kappa shape index (κ3) is 4.38. The van der Waals surface area contributed by atoms with Gasteiger partial charge in [-0.2, -0.15) is 18.2 Å². The number of nitrogens with zero attached hydrogens (tertiary/aromatic N) is 4. The first kappa shape index (κ1) is 17.9. The number of rotatable bonds is 5. The summed E-state index contributed by atoms with van der Waals surface area (Å²) in [5.74, 6) is 0.758. The van der Waals surface area contributed by atoms with Crippen LogP contribution in [0.25, 0.3) is 11.4 Å². The van der Waals surface area contributed by atoms with Crippen molar-refractivity contribution in [3.05, 3.63) is 35.7 Å². The van der Waals surface area contributed by atoms with Crippen LogP contribution in [0.2, 0.25) is 0 Å². The molecule has 0 bridgehead atoms. The zero-order valence-corrected chi connectivity index (χ0v) is 14.3. The van der Waals surface area contributed by atoms with Crippen LogP contribution >= 0.6 is 0 Å². The topological polar surface area (TPSA) is 45.4 Å². The average Bonchev–Trinajstić information content (AvgIpc) is 3.16. The van der Waals surface area contributed by atoms with Crippen molar-refractivity contribution >= 4 is 0 Å². The maximum absolute atomic E-state index is 12.6. The lowest BCUT2D eigenvalue weighted by Gasteiger charge is -2.24. The van der Waals surface area contributed by atoms with E-state index >= 15 is 0 Å². The summed E-state index contributed by atoms with van der Waals surface area (Å²) >= 11 is 0. The predicted molar refractivity (Wildman–Crippen MR) is 86.7 cm³/mol. The number of likely N-dealkylation sites (N-methyl/N-ethyl adjacent to an activating group) is 2. The van der Waals surface area contributed by atoms with Gasteiger partial charge in [0.05, 0.1) is 12.1 Å². The Morgan fingerprint density at radius 2 is 2.00 bits per heavy atom. The normalized spacial score (nSPS) is 19.0. The lowest BCUT2D eigenvalue weighted by molar-refractivity contribution is -0.137. The number of halogens is 3. The van der Waals surface area contributed by atoms with Crippen molar-refractivity contribution in [2.24, 2.45) is 0 Å². The van der Waals surface area contributed by atoms with E-state index in [9.17, 15) is 13.2 Å². The van der Waals surface area contributed by atoms with E-state index in [0.717, 1.165) is 25.2 Å². The Kier molecular flexibility index (Phi) is 5.10. The van der Waals surface area contributed by atoms with Crippen molar-refractivity contribution in [2.45, 2.75) is 31.6 Å². The predicted octanol–water partition coefficient (Wildman–Crippen LogP) is 3.28. The second-order valence-corrected chi connectivity index (χ2v) is 6.56. The molecule has 5 nitrogen and oxygen atoms in total. The lowest BCUT2D eigenvalue weighted by Crippen LogP contribution is -2.36. The molecule has 0 saturated carbocycles. The van der Waals surface area contributed by atoms with E-state index in [1.807, 2.05) is 7.05 Å². The van der Waals surface area contributed by atoms with Gasteiger partial charge in [-0.3, -0.25) is 4.90 Å². The molecule has 0 amide bonds. The molecule has 8 heteroatoms. The molecule has 2 aromatic rings. The molecule has 1 saturated heterocycles. The largest absolute Gasteiger partial charge is 0.416 e. The van der Waals surface area contributed by atoms with Gasteiger partial charge in [0.15, 0.2) is 0 Å². The first-order chi connectivity index (χ1) is 11.8. The zero-order chi connectivity index (χ0) is 18.0. The van der Waals surface area contributed by atoms with Crippen LogP contribution in [0, 0.1) is 0 Å². The van der Waals surface area contributed by atoms with E-state index in [1.54, 1.807) is 0 Å². The molecular formula is C17H21F3N4O. The number of hydrogen-bond donors (Lipinski definition) is 0. The van der Waals surface area contributed by atoms with Gasteiger partial charge in [0.1, 0.15) is 0 Å². The van der Waals surface area contributed by atoms with Gasteiger partial charge in [-0.15, -0.1) is 0 Å². The average molecular weight is 354 g/mol. The lowest BCUT2D eigenvalue weighted by atomic mass is 10.1. The summed E-state index contributed by atoms with van der Waals surface area (Å²) in [5.41, 5.74) is -0.193. The van der Waals surface area contributed by atoms with Crippen molar-refractivity contribution < 1.29 is 17.7 Å². The van der Waals surface area contributed by atoms with Crippen molar-refractivity contribution in [2.75, 3.05) is 27.2 Å². The highest BCUT2D eigenvalue weighted by Gasteiger charge is 2.30. The maximum Gasteiger partial charge on any atom is 0.416 e. The summed E-state index contributed by atoms with van der Waals surface area (Å²) in [4.78, 5) is 8.76.